The van der Waals surface area contributed by atoms with Crippen molar-refractivity contribution < 1.29 is 23.4 Å². The Balaban J connectivity index is 2.23. The smallest absolute Gasteiger partial charge is 0.349 e. The van der Waals surface area contributed by atoms with E-state index in [4.69, 9.17) is 9.84 Å². The molecule has 1 heterocycles. The molecule has 0 unspecified atom stereocenters. The van der Waals surface area contributed by atoms with E-state index in [2.05, 4.69) is 0 Å². The van der Waals surface area contributed by atoms with Crippen molar-refractivity contribution in [1.29, 1.82) is 0 Å². The molecule has 3 nitrogen and oxygen atoms in total. The van der Waals surface area contributed by atoms with Gasteiger partial charge in [-0.15, -0.1) is 11.3 Å². The van der Waals surface area contributed by atoms with Gasteiger partial charge in [0.05, 0.1) is 0 Å². The van der Waals surface area contributed by atoms with Crippen LogP contribution < -0.4 is 4.74 Å². The summed E-state index contributed by atoms with van der Waals surface area (Å²) in [6.07, 6.45) is 0. The van der Waals surface area contributed by atoms with Gasteiger partial charge >= 0.3 is 5.97 Å². The first-order valence-electron chi connectivity index (χ1n) is 6.33. The second-order valence-electron chi connectivity index (χ2n) is 4.80. The van der Waals surface area contributed by atoms with Gasteiger partial charge in [0.15, 0.2) is 16.5 Å². The van der Waals surface area contributed by atoms with Gasteiger partial charge in [-0.25, -0.2) is 13.6 Å². The van der Waals surface area contributed by atoms with Crippen molar-refractivity contribution in [3.63, 3.8) is 0 Å². The zero-order valence-electron chi connectivity index (χ0n) is 11.5. The maximum atomic E-state index is 13.5. The van der Waals surface area contributed by atoms with Crippen LogP contribution in [0, 0.1) is 11.6 Å². The van der Waals surface area contributed by atoms with Gasteiger partial charge in [0.1, 0.15) is 12.4 Å². The predicted molar refractivity (Wildman–Crippen MR) is 76.1 cm³/mol. The van der Waals surface area contributed by atoms with E-state index < -0.39 is 17.6 Å². The number of hydrogen-bond acceptors (Lipinski definition) is 3. The highest BCUT2D eigenvalue weighted by Gasteiger charge is 2.19. The summed E-state index contributed by atoms with van der Waals surface area (Å²) >= 11 is 1.13. The van der Waals surface area contributed by atoms with Crippen LogP contribution in [0.1, 0.15) is 39.9 Å². The first-order chi connectivity index (χ1) is 9.90. The molecule has 0 saturated heterocycles. The van der Waals surface area contributed by atoms with Crippen molar-refractivity contribution in [1.82, 2.24) is 0 Å². The average Bonchev–Trinajstić information content (AvgIpc) is 2.85. The minimum atomic E-state index is -1.10. The average molecular weight is 312 g/mol. The van der Waals surface area contributed by atoms with Gasteiger partial charge in [-0.3, -0.25) is 0 Å². The van der Waals surface area contributed by atoms with Crippen molar-refractivity contribution in [2.45, 2.75) is 26.4 Å². The number of carboxylic acids is 1. The standard InChI is InChI=1S/C15H14F2O3S/c1-8(2)12-6-11(14(21-12)15(18)19)20-7-9-4-3-5-10(16)13(9)17/h3-6,8H,7H2,1-2H3,(H,18,19). The van der Waals surface area contributed by atoms with Gasteiger partial charge in [-0.05, 0) is 18.1 Å². The summed E-state index contributed by atoms with van der Waals surface area (Å²) in [5.41, 5.74) is 0.0450. The van der Waals surface area contributed by atoms with E-state index in [1.165, 1.54) is 12.1 Å². The third-order valence-electron chi connectivity index (χ3n) is 2.90. The fourth-order valence-electron chi connectivity index (χ4n) is 1.75. The van der Waals surface area contributed by atoms with E-state index in [0.29, 0.717) is 0 Å². The molecule has 0 aliphatic heterocycles. The second kappa shape index (κ2) is 6.22. The topological polar surface area (TPSA) is 46.5 Å². The quantitative estimate of drug-likeness (QED) is 0.888. The Labute approximate surface area is 124 Å². The molecule has 0 atom stereocenters. The molecule has 0 aliphatic rings. The van der Waals surface area contributed by atoms with Gasteiger partial charge in [-0.2, -0.15) is 0 Å². The van der Waals surface area contributed by atoms with E-state index in [9.17, 15) is 13.6 Å². The highest BCUT2D eigenvalue weighted by atomic mass is 32.1. The van der Waals surface area contributed by atoms with E-state index in [1.807, 2.05) is 13.8 Å². The SMILES string of the molecule is CC(C)c1cc(OCc2cccc(F)c2F)c(C(=O)O)s1. The van der Waals surface area contributed by atoms with E-state index in [1.54, 1.807) is 6.07 Å². The molecule has 0 bridgehead atoms. The Kier molecular flexibility index (Phi) is 4.57. The molecule has 112 valence electrons. The summed E-state index contributed by atoms with van der Waals surface area (Å²) in [6.45, 7) is 3.65. The van der Waals surface area contributed by atoms with Gasteiger partial charge in [0.2, 0.25) is 0 Å². The van der Waals surface area contributed by atoms with Crippen LogP contribution in [-0.4, -0.2) is 11.1 Å². The fraction of sp³-hybridized carbons (Fsp3) is 0.267. The summed E-state index contributed by atoms with van der Waals surface area (Å²) in [6, 6.07) is 5.43. The largest absolute Gasteiger partial charge is 0.487 e. The molecule has 0 fully saturated rings. The van der Waals surface area contributed by atoms with Crippen LogP contribution >= 0.6 is 11.3 Å². The van der Waals surface area contributed by atoms with Crippen molar-refractivity contribution in [3.05, 3.63) is 51.2 Å². The fourth-order valence-corrected chi connectivity index (χ4v) is 2.69. The number of thiophene rings is 1. The van der Waals surface area contributed by atoms with Crippen LogP contribution in [0.4, 0.5) is 8.78 Å². The third-order valence-corrected chi connectivity index (χ3v) is 4.30. The summed E-state index contributed by atoms with van der Waals surface area (Å²) in [5, 5.41) is 9.15. The highest BCUT2D eigenvalue weighted by molar-refractivity contribution is 7.14. The molecule has 1 N–H and O–H groups in total. The molecule has 21 heavy (non-hydrogen) atoms. The molecule has 0 aliphatic carbocycles. The molecule has 0 amide bonds. The van der Waals surface area contributed by atoms with E-state index in [-0.39, 0.29) is 28.7 Å². The van der Waals surface area contributed by atoms with Crippen LogP contribution in [0.25, 0.3) is 0 Å². The molecule has 1 aromatic heterocycles. The number of rotatable bonds is 5. The number of aromatic carboxylic acids is 1. The zero-order valence-corrected chi connectivity index (χ0v) is 12.3. The van der Waals surface area contributed by atoms with Crippen LogP contribution in [0.3, 0.4) is 0 Å². The van der Waals surface area contributed by atoms with Crippen LogP contribution in [0.5, 0.6) is 5.75 Å². The lowest BCUT2D eigenvalue weighted by atomic mass is 10.2. The maximum absolute atomic E-state index is 13.5. The van der Waals surface area contributed by atoms with Crippen LogP contribution in [0.15, 0.2) is 24.3 Å². The minimum Gasteiger partial charge on any atom is -0.487 e. The van der Waals surface area contributed by atoms with Crippen LogP contribution in [0.2, 0.25) is 0 Å². The number of halogens is 2. The second-order valence-corrected chi connectivity index (χ2v) is 5.89. The molecule has 0 radical (unpaired) electrons. The third kappa shape index (κ3) is 3.39. The molecule has 2 aromatic rings. The first kappa shape index (κ1) is 15.4. The van der Waals surface area contributed by atoms with Gasteiger partial charge in [0, 0.05) is 10.4 Å². The molecule has 1 aromatic carbocycles. The number of carbonyl (C=O) groups is 1. The molecule has 0 saturated carbocycles. The van der Waals surface area contributed by atoms with Gasteiger partial charge < -0.3 is 9.84 Å². The molecule has 2 rings (SSSR count). The maximum Gasteiger partial charge on any atom is 0.349 e. The number of hydrogen-bond donors (Lipinski definition) is 1. The minimum absolute atomic E-state index is 0.0450. The van der Waals surface area contributed by atoms with Crippen molar-refractivity contribution in [3.8, 4) is 5.75 Å². The molecule has 0 spiro atoms. The number of carboxylic acid groups (broad SMARTS) is 1. The van der Waals surface area contributed by atoms with E-state index >= 15 is 0 Å². The molecule has 6 heteroatoms. The predicted octanol–water partition coefficient (Wildman–Crippen LogP) is 4.43. The lowest BCUT2D eigenvalue weighted by Crippen LogP contribution is -2.02. The van der Waals surface area contributed by atoms with E-state index in [0.717, 1.165) is 22.3 Å². The summed E-state index contributed by atoms with van der Waals surface area (Å²) in [7, 11) is 0. The molecular formula is C15H14F2O3S. The lowest BCUT2D eigenvalue weighted by molar-refractivity contribution is 0.0697. The number of benzene rings is 1. The number of ether oxygens (including phenoxy) is 1. The Morgan fingerprint density at radius 2 is 2.10 bits per heavy atom. The Morgan fingerprint density at radius 1 is 1.38 bits per heavy atom. The monoisotopic (exact) mass is 312 g/mol. The highest BCUT2D eigenvalue weighted by Crippen LogP contribution is 2.34. The van der Waals surface area contributed by atoms with Gasteiger partial charge in [0.25, 0.3) is 0 Å². The Morgan fingerprint density at radius 3 is 2.71 bits per heavy atom. The van der Waals surface area contributed by atoms with Gasteiger partial charge in [-0.1, -0.05) is 26.0 Å². The zero-order chi connectivity index (χ0) is 15.6. The lowest BCUT2D eigenvalue weighted by Gasteiger charge is -2.07. The molecular weight excluding hydrogens is 298 g/mol. The first-order valence-corrected chi connectivity index (χ1v) is 7.14. The Hall–Kier alpha value is -1.95. The normalized spacial score (nSPS) is 10.9. The summed E-state index contributed by atoms with van der Waals surface area (Å²) in [4.78, 5) is 12.1. The summed E-state index contributed by atoms with van der Waals surface area (Å²) < 4.78 is 32.0. The summed E-state index contributed by atoms with van der Waals surface area (Å²) in [5.74, 6) is -2.69. The van der Waals surface area contributed by atoms with Crippen molar-refractivity contribution in [2.75, 3.05) is 0 Å². The van der Waals surface area contributed by atoms with Crippen molar-refractivity contribution >= 4 is 17.3 Å². The van der Waals surface area contributed by atoms with Crippen LogP contribution in [-0.2, 0) is 6.61 Å². The van der Waals surface area contributed by atoms with Crippen molar-refractivity contribution in [2.24, 2.45) is 0 Å². The Bertz CT molecular complexity index is 665.